The average Bonchev–Trinajstić information content (AvgIpc) is 3.04. The van der Waals surface area contributed by atoms with Crippen molar-refractivity contribution in [3.63, 3.8) is 0 Å². The van der Waals surface area contributed by atoms with Crippen molar-refractivity contribution in [2.45, 2.75) is 12.5 Å². The Labute approximate surface area is 115 Å². The Morgan fingerprint density at radius 2 is 1.95 bits per heavy atom. The molecule has 0 spiro atoms. The van der Waals surface area contributed by atoms with Crippen LogP contribution in [0.3, 0.4) is 0 Å². The molecule has 1 atom stereocenters. The van der Waals surface area contributed by atoms with E-state index in [9.17, 15) is 5.11 Å². The number of hydrogen-bond acceptors (Lipinski definition) is 3. The number of aliphatic hydroxyl groups is 1. The van der Waals surface area contributed by atoms with Crippen LogP contribution in [0.15, 0.2) is 36.4 Å². The fourth-order valence-corrected chi connectivity index (χ4v) is 3.51. The number of hydrogen-bond donors (Lipinski definition) is 1. The minimum Gasteiger partial charge on any atom is -0.454 e. The van der Waals surface area contributed by atoms with E-state index in [-0.39, 0.29) is 6.79 Å². The van der Waals surface area contributed by atoms with Gasteiger partial charge in [-0.05, 0) is 39.4 Å². The van der Waals surface area contributed by atoms with Gasteiger partial charge in [-0.25, -0.2) is 0 Å². The summed E-state index contributed by atoms with van der Waals surface area (Å²) in [6.45, 7) is 0.273. The summed E-state index contributed by atoms with van der Waals surface area (Å²) in [7, 11) is 0. The van der Waals surface area contributed by atoms with Gasteiger partial charge in [0.15, 0.2) is 11.5 Å². The molecule has 20 heavy (non-hydrogen) atoms. The maximum atomic E-state index is 10.3. The second-order valence-electron chi connectivity index (χ2n) is 5.43. The standard InChI is InChI=1S/C17H12O3/c18-13-6-10-7-14-17(20-8-19-14)16-11-4-2-1-3-9(11)5-12(13)15(10)16/h1-5,7,13,18H,6,8H2/t13-/m0/s1. The van der Waals surface area contributed by atoms with Gasteiger partial charge in [0.2, 0.25) is 6.79 Å². The summed E-state index contributed by atoms with van der Waals surface area (Å²) >= 11 is 0. The van der Waals surface area contributed by atoms with Crippen molar-refractivity contribution in [3.8, 4) is 11.5 Å². The lowest BCUT2D eigenvalue weighted by Gasteiger charge is -2.10. The lowest BCUT2D eigenvalue weighted by molar-refractivity contribution is 0.174. The van der Waals surface area contributed by atoms with Crippen molar-refractivity contribution in [1.29, 1.82) is 0 Å². The molecule has 2 aliphatic rings. The van der Waals surface area contributed by atoms with E-state index in [2.05, 4.69) is 18.2 Å². The second-order valence-corrected chi connectivity index (χ2v) is 5.43. The molecule has 0 radical (unpaired) electrons. The predicted octanol–water partition coefficient (Wildman–Crippen LogP) is 3.31. The zero-order chi connectivity index (χ0) is 13.3. The number of fused-ring (bicyclic) bond motifs is 4. The normalized spacial score (nSPS) is 19.1. The fraction of sp³-hybridized carbons (Fsp3) is 0.176. The molecule has 5 rings (SSSR count). The molecule has 98 valence electrons. The quantitative estimate of drug-likeness (QED) is 0.633. The van der Waals surface area contributed by atoms with Crippen molar-refractivity contribution >= 4 is 21.5 Å². The zero-order valence-corrected chi connectivity index (χ0v) is 10.7. The van der Waals surface area contributed by atoms with Crippen LogP contribution in [-0.2, 0) is 6.42 Å². The molecule has 1 aliphatic heterocycles. The van der Waals surface area contributed by atoms with E-state index in [1.54, 1.807) is 0 Å². The lowest BCUT2D eigenvalue weighted by Crippen LogP contribution is -1.95. The summed E-state index contributed by atoms with van der Waals surface area (Å²) in [5, 5.41) is 14.8. The highest BCUT2D eigenvalue weighted by Crippen LogP contribution is 2.50. The first-order chi connectivity index (χ1) is 9.83. The van der Waals surface area contributed by atoms with Crippen molar-refractivity contribution in [2.75, 3.05) is 6.79 Å². The Morgan fingerprint density at radius 3 is 2.90 bits per heavy atom. The van der Waals surface area contributed by atoms with Crippen LogP contribution in [0.5, 0.6) is 11.5 Å². The van der Waals surface area contributed by atoms with E-state index in [0.717, 1.165) is 44.2 Å². The zero-order valence-electron chi connectivity index (χ0n) is 10.7. The van der Waals surface area contributed by atoms with Gasteiger partial charge in [0.1, 0.15) is 0 Å². The minimum absolute atomic E-state index is 0.273. The van der Waals surface area contributed by atoms with Crippen molar-refractivity contribution in [1.82, 2.24) is 0 Å². The number of ether oxygens (including phenoxy) is 2. The Bertz CT molecular complexity index is 882. The fourth-order valence-electron chi connectivity index (χ4n) is 3.51. The first-order valence-corrected chi connectivity index (χ1v) is 6.78. The van der Waals surface area contributed by atoms with Crippen molar-refractivity contribution in [3.05, 3.63) is 47.5 Å². The van der Waals surface area contributed by atoms with Gasteiger partial charge in [0, 0.05) is 11.8 Å². The summed E-state index contributed by atoms with van der Waals surface area (Å²) in [4.78, 5) is 0. The molecule has 3 heteroatoms. The summed E-state index contributed by atoms with van der Waals surface area (Å²) in [6, 6.07) is 12.3. The molecule has 0 bridgehead atoms. The third kappa shape index (κ3) is 1.14. The SMILES string of the molecule is O[C@H]1Cc2cc3c(c4c2c1cc1ccccc14)OCO3. The van der Waals surface area contributed by atoms with E-state index in [4.69, 9.17) is 9.47 Å². The van der Waals surface area contributed by atoms with Gasteiger partial charge in [0.25, 0.3) is 0 Å². The maximum Gasteiger partial charge on any atom is 0.231 e. The van der Waals surface area contributed by atoms with Crippen LogP contribution < -0.4 is 9.47 Å². The third-order valence-electron chi connectivity index (χ3n) is 4.35. The molecule has 0 unspecified atom stereocenters. The average molecular weight is 264 g/mol. The monoisotopic (exact) mass is 264 g/mol. The van der Waals surface area contributed by atoms with Gasteiger partial charge < -0.3 is 14.6 Å². The van der Waals surface area contributed by atoms with Crippen LogP contribution in [0, 0.1) is 0 Å². The molecule has 1 N–H and O–H groups in total. The summed E-state index contributed by atoms with van der Waals surface area (Å²) < 4.78 is 11.2. The van der Waals surface area contributed by atoms with E-state index in [0.29, 0.717) is 6.42 Å². The highest BCUT2D eigenvalue weighted by molar-refractivity contribution is 6.15. The van der Waals surface area contributed by atoms with E-state index in [1.807, 2.05) is 18.2 Å². The van der Waals surface area contributed by atoms with E-state index in [1.165, 1.54) is 0 Å². The summed E-state index contributed by atoms with van der Waals surface area (Å²) in [5.74, 6) is 1.61. The highest BCUT2D eigenvalue weighted by Gasteiger charge is 2.29. The largest absolute Gasteiger partial charge is 0.454 e. The second kappa shape index (κ2) is 3.44. The number of aliphatic hydroxyl groups excluding tert-OH is 1. The molecule has 0 amide bonds. The summed E-state index contributed by atoms with van der Waals surface area (Å²) in [5.41, 5.74) is 2.16. The van der Waals surface area contributed by atoms with Crippen LogP contribution in [-0.4, -0.2) is 11.9 Å². The number of benzene rings is 3. The van der Waals surface area contributed by atoms with Gasteiger partial charge in [0.05, 0.1) is 6.10 Å². The Kier molecular flexibility index (Phi) is 1.81. The highest BCUT2D eigenvalue weighted by atomic mass is 16.7. The molecule has 3 aromatic carbocycles. The minimum atomic E-state index is -0.431. The number of rotatable bonds is 0. The van der Waals surface area contributed by atoms with Crippen LogP contribution in [0.25, 0.3) is 21.5 Å². The Hall–Kier alpha value is -2.26. The van der Waals surface area contributed by atoms with Crippen molar-refractivity contribution in [2.24, 2.45) is 0 Å². The molecule has 3 aromatic rings. The van der Waals surface area contributed by atoms with Crippen LogP contribution >= 0.6 is 0 Å². The van der Waals surface area contributed by atoms with E-state index >= 15 is 0 Å². The van der Waals surface area contributed by atoms with Gasteiger partial charge in [-0.3, -0.25) is 0 Å². The van der Waals surface area contributed by atoms with Crippen LogP contribution in [0.1, 0.15) is 17.2 Å². The Morgan fingerprint density at radius 1 is 1.05 bits per heavy atom. The van der Waals surface area contributed by atoms with Gasteiger partial charge in [-0.15, -0.1) is 0 Å². The summed E-state index contributed by atoms with van der Waals surface area (Å²) in [6.07, 6.45) is 0.221. The third-order valence-corrected chi connectivity index (χ3v) is 4.35. The molecular formula is C17H12O3. The van der Waals surface area contributed by atoms with Crippen LogP contribution in [0.2, 0.25) is 0 Å². The van der Waals surface area contributed by atoms with Gasteiger partial charge in [-0.2, -0.15) is 0 Å². The molecule has 0 fully saturated rings. The topological polar surface area (TPSA) is 38.7 Å². The first kappa shape index (κ1) is 10.5. The molecule has 1 heterocycles. The van der Waals surface area contributed by atoms with Gasteiger partial charge >= 0.3 is 0 Å². The van der Waals surface area contributed by atoms with Crippen LogP contribution in [0.4, 0.5) is 0 Å². The first-order valence-electron chi connectivity index (χ1n) is 6.78. The molecule has 0 saturated carbocycles. The van der Waals surface area contributed by atoms with E-state index < -0.39 is 6.10 Å². The van der Waals surface area contributed by atoms with Gasteiger partial charge in [-0.1, -0.05) is 24.3 Å². The predicted molar refractivity (Wildman–Crippen MR) is 76.2 cm³/mol. The molecule has 1 aliphatic carbocycles. The smallest absolute Gasteiger partial charge is 0.231 e. The molecule has 0 saturated heterocycles. The molecular weight excluding hydrogens is 252 g/mol. The van der Waals surface area contributed by atoms with Crippen molar-refractivity contribution < 1.29 is 14.6 Å². The molecule has 0 aromatic heterocycles. The maximum absolute atomic E-state index is 10.3. The molecule has 3 nitrogen and oxygen atoms in total. The lowest BCUT2D eigenvalue weighted by atomic mass is 9.96. The Balaban J connectivity index is 2.10.